The Kier molecular flexibility index (Phi) is 3.77. The molecule has 0 spiro atoms. The van der Waals surface area contributed by atoms with Crippen LogP contribution in [0, 0.1) is 0 Å². The summed E-state index contributed by atoms with van der Waals surface area (Å²) in [6.45, 7) is 2.09. The van der Waals surface area contributed by atoms with Crippen LogP contribution in [0.4, 0.5) is 0 Å². The number of hydrogen-bond acceptors (Lipinski definition) is 3. The summed E-state index contributed by atoms with van der Waals surface area (Å²) in [5, 5.41) is 0. The van der Waals surface area contributed by atoms with Gasteiger partial charge in [-0.2, -0.15) is 0 Å². The summed E-state index contributed by atoms with van der Waals surface area (Å²) in [7, 11) is 1.36. The fraction of sp³-hybridized carbons (Fsp3) is 0.286. The van der Waals surface area contributed by atoms with Crippen molar-refractivity contribution in [2.75, 3.05) is 7.11 Å². The molecule has 0 amide bonds. The van der Waals surface area contributed by atoms with Gasteiger partial charge in [-0.1, -0.05) is 30.3 Å². The maximum absolute atomic E-state index is 11.3. The van der Waals surface area contributed by atoms with Crippen molar-refractivity contribution in [3.05, 3.63) is 54.1 Å². The summed E-state index contributed by atoms with van der Waals surface area (Å²) in [6.07, 6.45) is 4.29. The monoisotopic (exact) mass is 244 g/mol. The lowest BCUT2D eigenvalue weighted by Crippen LogP contribution is -2.06. The SMILES string of the molecule is COC(=O)c1cn([C@@H](C)Cc2ccccc2)cn1. The van der Waals surface area contributed by atoms with Crippen LogP contribution in [0.3, 0.4) is 0 Å². The number of nitrogens with zero attached hydrogens (tertiary/aromatic N) is 2. The third-order valence-electron chi connectivity index (χ3n) is 2.88. The van der Waals surface area contributed by atoms with Gasteiger partial charge in [-0.25, -0.2) is 9.78 Å². The summed E-state index contributed by atoms with van der Waals surface area (Å²) in [5.41, 5.74) is 1.61. The van der Waals surface area contributed by atoms with Crippen molar-refractivity contribution >= 4 is 5.97 Å². The number of benzene rings is 1. The number of methoxy groups -OCH3 is 1. The quantitative estimate of drug-likeness (QED) is 0.776. The van der Waals surface area contributed by atoms with Crippen molar-refractivity contribution in [3.8, 4) is 0 Å². The second kappa shape index (κ2) is 5.49. The zero-order valence-electron chi connectivity index (χ0n) is 10.5. The van der Waals surface area contributed by atoms with Crippen LogP contribution >= 0.6 is 0 Å². The predicted octanol–water partition coefficient (Wildman–Crippen LogP) is 2.47. The van der Waals surface area contributed by atoms with Gasteiger partial charge in [0.1, 0.15) is 0 Å². The highest BCUT2D eigenvalue weighted by Gasteiger charge is 2.12. The zero-order chi connectivity index (χ0) is 13.0. The third-order valence-corrected chi connectivity index (χ3v) is 2.88. The summed E-state index contributed by atoms with van der Waals surface area (Å²) in [5.74, 6) is -0.402. The molecule has 0 fully saturated rings. The van der Waals surface area contributed by atoms with Gasteiger partial charge in [0.15, 0.2) is 5.69 Å². The molecule has 0 bridgehead atoms. The smallest absolute Gasteiger partial charge is 0.358 e. The predicted molar refractivity (Wildman–Crippen MR) is 68.4 cm³/mol. The van der Waals surface area contributed by atoms with Crippen LogP contribution in [-0.4, -0.2) is 22.6 Å². The highest BCUT2D eigenvalue weighted by atomic mass is 16.5. The highest BCUT2D eigenvalue weighted by Crippen LogP contribution is 2.14. The fourth-order valence-electron chi connectivity index (χ4n) is 1.85. The van der Waals surface area contributed by atoms with Gasteiger partial charge in [0.25, 0.3) is 0 Å². The third kappa shape index (κ3) is 2.77. The van der Waals surface area contributed by atoms with Crippen molar-refractivity contribution in [1.29, 1.82) is 0 Å². The summed E-state index contributed by atoms with van der Waals surface area (Å²) in [6, 6.07) is 10.5. The lowest BCUT2D eigenvalue weighted by atomic mass is 10.1. The second-order valence-corrected chi connectivity index (χ2v) is 4.24. The first-order chi connectivity index (χ1) is 8.70. The Balaban J connectivity index is 2.07. The van der Waals surface area contributed by atoms with Crippen molar-refractivity contribution in [2.45, 2.75) is 19.4 Å². The number of carbonyl (C=O) groups is 1. The minimum atomic E-state index is -0.402. The first kappa shape index (κ1) is 12.4. The van der Waals surface area contributed by atoms with Crippen molar-refractivity contribution in [1.82, 2.24) is 9.55 Å². The normalized spacial score (nSPS) is 12.1. The molecular formula is C14H16N2O2. The summed E-state index contributed by atoms with van der Waals surface area (Å²) >= 11 is 0. The topological polar surface area (TPSA) is 44.1 Å². The minimum absolute atomic E-state index is 0.248. The van der Waals surface area contributed by atoms with Gasteiger partial charge in [0.2, 0.25) is 0 Å². The van der Waals surface area contributed by atoms with E-state index in [2.05, 4.69) is 28.8 Å². The number of ether oxygens (including phenoxy) is 1. The molecule has 4 nitrogen and oxygen atoms in total. The van der Waals surface area contributed by atoms with E-state index < -0.39 is 5.97 Å². The zero-order valence-corrected chi connectivity index (χ0v) is 10.5. The number of esters is 1. The van der Waals surface area contributed by atoms with E-state index in [0.29, 0.717) is 5.69 Å². The van der Waals surface area contributed by atoms with E-state index in [-0.39, 0.29) is 6.04 Å². The molecule has 94 valence electrons. The van der Waals surface area contributed by atoms with Crippen LogP contribution in [0.2, 0.25) is 0 Å². The highest BCUT2D eigenvalue weighted by molar-refractivity contribution is 5.86. The average molecular weight is 244 g/mol. The fourth-order valence-corrected chi connectivity index (χ4v) is 1.85. The molecule has 1 aromatic carbocycles. The molecular weight excluding hydrogens is 228 g/mol. The number of hydrogen-bond donors (Lipinski definition) is 0. The van der Waals surface area contributed by atoms with Gasteiger partial charge in [0, 0.05) is 12.2 Å². The van der Waals surface area contributed by atoms with Crippen molar-refractivity contribution in [3.63, 3.8) is 0 Å². The van der Waals surface area contributed by atoms with E-state index >= 15 is 0 Å². The Morgan fingerprint density at radius 1 is 1.39 bits per heavy atom. The molecule has 0 aliphatic heterocycles. The summed E-state index contributed by atoms with van der Waals surface area (Å²) in [4.78, 5) is 15.3. The molecule has 0 unspecified atom stereocenters. The molecule has 0 aliphatic rings. The van der Waals surface area contributed by atoms with Crippen molar-refractivity contribution < 1.29 is 9.53 Å². The van der Waals surface area contributed by atoms with Gasteiger partial charge >= 0.3 is 5.97 Å². The average Bonchev–Trinajstić information content (AvgIpc) is 2.88. The molecule has 2 aromatic rings. The van der Waals surface area contributed by atoms with E-state index in [1.54, 1.807) is 12.5 Å². The van der Waals surface area contributed by atoms with Crippen LogP contribution in [0.1, 0.15) is 29.0 Å². The molecule has 1 atom stereocenters. The minimum Gasteiger partial charge on any atom is -0.464 e. The van der Waals surface area contributed by atoms with E-state index in [1.165, 1.54) is 12.7 Å². The Bertz CT molecular complexity index is 520. The Hall–Kier alpha value is -2.10. The molecule has 4 heteroatoms. The maximum atomic E-state index is 11.3. The number of imidazole rings is 1. The molecule has 1 aromatic heterocycles. The van der Waals surface area contributed by atoms with Crippen LogP contribution in [0.5, 0.6) is 0 Å². The Morgan fingerprint density at radius 2 is 2.11 bits per heavy atom. The Morgan fingerprint density at radius 3 is 2.78 bits per heavy atom. The van der Waals surface area contributed by atoms with Gasteiger partial charge in [-0.05, 0) is 18.9 Å². The molecule has 18 heavy (non-hydrogen) atoms. The lowest BCUT2D eigenvalue weighted by Gasteiger charge is -2.12. The largest absolute Gasteiger partial charge is 0.464 e. The number of rotatable bonds is 4. The first-order valence-electron chi connectivity index (χ1n) is 5.86. The first-order valence-corrected chi connectivity index (χ1v) is 5.86. The standard InChI is InChI=1S/C14H16N2O2/c1-11(8-12-6-4-3-5-7-12)16-9-13(15-10-16)14(17)18-2/h3-7,9-11H,8H2,1-2H3/t11-/m0/s1. The van der Waals surface area contributed by atoms with E-state index in [0.717, 1.165) is 6.42 Å². The lowest BCUT2D eigenvalue weighted by molar-refractivity contribution is 0.0594. The Labute approximate surface area is 106 Å². The molecule has 0 radical (unpaired) electrons. The van der Waals surface area contributed by atoms with E-state index in [9.17, 15) is 4.79 Å². The van der Waals surface area contributed by atoms with Crippen molar-refractivity contribution in [2.24, 2.45) is 0 Å². The van der Waals surface area contributed by atoms with Crippen LogP contribution in [-0.2, 0) is 11.2 Å². The van der Waals surface area contributed by atoms with Gasteiger partial charge in [0.05, 0.1) is 13.4 Å². The number of carbonyl (C=O) groups excluding carboxylic acids is 1. The molecule has 0 aliphatic carbocycles. The molecule has 2 rings (SSSR count). The van der Waals surface area contributed by atoms with Crippen LogP contribution in [0.15, 0.2) is 42.9 Å². The molecule has 1 heterocycles. The molecule has 0 saturated heterocycles. The van der Waals surface area contributed by atoms with E-state index in [1.807, 2.05) is 22.8 Å². The van der Waals surface area contributed by atoms with Crippen LogP contribution in [0.25, 0.3) is 0 Å². The molecule has 0 N–H and O–H groups in total. The number of aromatic nitrogens is 2. The second-order valence-electron chi connectivity index (χ2n) is 4.24. The maximum Gasteiger partial charge on any atom is 0.358 e. The van der Waals surface area contributed by atoms with Gasteiger partial charge < -0.3 is 9.30 Å². The van der Waals surface area contributed by atoms with E-state index in [4.69, 9.17) is 0 Å². The van der Waals surface area contributed by atoms with Gasteiger partial charge in [-0.15, -0.1) is 0 Å². The molecule has 0 saturated carbocycles. The van der Waals surface area contributed by atoms with Crippen LogP contribution < -0.4 is 0 Å². The summed E-state index contributed by atoms with van der Waals surface area (Å²) < 4.78 is 6.56. The van der Waals surface area contributed by atoms with Gasteiger partial charge in [-0.3, -0.25) is 0 Å².